The number of aryl methyl sites for hydroxylation is 2. The second-order valence-electron chi connectivity index (χ2n) is 11.1. The molecule has 5 aromatic rings. The normalized spacial score (nSPS) is 17.0. The molecule has 2 aromatic carbocycles. The standard InChI is InChI=1S/C31H35N11/c1-19-13-27(39(3)4)23-15-21(7-9-25(23)35-19)30-37-29(17-41-12-11-34-18-41)42(33)31(32,38-30)22-8-10-26-24(16-22)28(40(5)6)14-20(2)36-26/h7-16,18H,17,32-33H2,1-6H3. The van der Waals surface area contributed by atoms with E-state index >= 15 is 0 Å². The molecule has 6 rings (SSSR count). The number of rotatable bonds is 6. The lowest BCUT2D eigenvalue weighted by molar-refractivity contribution is 0.183. The molecule has 0 aliphatic carbocycles. The number of amidine groups is 2. The molecule has 0 radical (unpaired) electrons. The van der Waals surface area contributed by atoms with Gasteiger partial charge in [0.1, 0.15) is 5.84 Å². The number of aromatic nitrogens is 4. The summed E-state index contributed by atoms with van der Waals surface area (Å²) < 4.78 is 1.90. The van der Waals surface area contributed by atoms with Crippen LogP contribution in [0.1, 0.15) is 22.5 Å². The van der Waals surface area contributed by atoms with E-state index in [0.29, 0.717) is 23.8 Å². The van der Waals surface area contributed by atoms with Crippen molar-refractivity contribution in [2.24, 2.45) is 21.6 Å². The average molecular weight is 562 g/mol. The van der Waals surface area contributed by atoms with Crippen molar-refractivity contribution in [3.05, 3.63) is 89.8 Å². The lowest BCUT2D eigenvalue weighted by Gasteiger charge is -2.39. The van der Waals surface area contributed by atoms with Crippen molar-refractivity contribution < 1.29 is 0 Å². The molecule has 4 heterocycles. The predicted molar refractivity (Wildman–Crippen MR) is 170 cm³/mol. The summed E-state index contributed by atoms with van der Waals surface area (Å²) in [6, 6.07) is 16.1. The summed E-state index contributed by atoms with van der Waals surface area (Å²) in [5, 5.41) is 3.41. The Labute approximate surface area is 244 Å². The highest BCUT2D eigenvalue weighted by atomic mass is 15.6. The third-order valence-electron chi connectivity index (χ3n) is 7.52. The molecule has 1 atom stereocenters. The van der Waals surface area contributed by atoms with E-state index in [1.54, 1.807) is 12.5 Å². The maximum absolute atomic E-state index is 7.18. The molecule has 4 N–H and O–H groups in total. The van der Waals surface area contributed by atoms with E-state index in [9.17, 15) is 0 Å². The van der Waals surface area contributed by atoms with E-state index in [2.05, 4.69) is 33.0 Å². The number of imidazole rings is 1. The van der Waals surface area contributed by atoms with Crippen LogP contribution in [0.15, 0.2) is 77.2 Å². The second-order valence-corrected chi connectivity index (χ2v) is 11.1. The van der Waals surface area contributed by atoms with Gasteiger partial charge in [-0.1, -0.05) is 6.07 Å². The molecule has 1 aliphatic rings. The lowest BCUT2D eigenvalue weighted by Crippen LogP contribution is -2.61. The largest absolute Gasteiger partial charge is 0.377 e. The number of aliphatic imine (C=N–C) groups is 2. The Morgan fingerprint density at radius 3 is 2.05 bits per heavy atom. The molecule has 1 aliphatic heterocycles. The van der Waals surface area contributed by atoms with Crippen LogP contribution in [0.4, 0.5) is 11.4 Å². The van der Waals surface area contributed by atoms with Gasteiger partial charge in [0.15, 0.2) is 5.84 Å². The van der Waals surface area contributed by atoms with Gasteiger partial charge in [0.05, 0.1) is 23.9 Å². The van der Waals surface area contributed by atoms with E-state index in [1.165, 1.54) is 5.01 Å². The first-order chi connectivity index (χ1) is 20.0. The highest BCUT2D eigenvalue weighted by Crippen LogP contribution is 2.34. The summed E-state index contributed by atoms with van der Waals surface area (Å²) >= 11 is 0. The van der Waals surface area contributed by atoms with Crippen molar-refractivity contribution in [3.63, 3.8) is 0 Å². The molecule has 42 heavy (non-hydrogen) atoms. The van der Waals surface area contributed by atoms with E-state index in [-0.39, 0.29) is 0 Å². The summed E-state index contributed by atoms with van der Waals surface area (Å²) in [6.45, 7) is 4.35. The highest BCUT2D eigenvalue weighted by molar-refractivity contribution is 6.10. The van der Waals surface area contributed by atoms with Crippen molar-refractivity contribution in [2.75, 3.05) is 38.0 Å². The number of benzene rings is 2. The van der Waals surface area contributed by atoms with Gasteiger partial charge >= 0.3 is 0 Å². The third-order valence-corrected chi connectivity index (χ3v) is 7.52. The fourth-order valence-electron chi connectivity index (χ4n) is 5.38. The minimum absolute atomic E-state index is 0.364. The van der Waals surface area contributed by atoms with Gasteiger partial charge in [-0.3, -0.25) is 20.7 Å². The number of hydrazine groups is 1. The van der Waals surface area contributed by atoms with Crippen LogP contribution < -0.4 is 21.4 Å². The van der Waals surface area contributed by atoms with Crippen molar-refractivity contribution in [3.8, 4) is 0 Å². The molecule has 214 valence electrons. The first-order valence-electron chi connectivity index (χ1n) is 13.7. The maximum Gasteiger partial charge on any atom is 0.228 e. The average Bonchev–Trinajstić information content (AvgIpc) is 3.47. The van der Waals surface area contributed by atoms with Crippen LogP contribution in [0.3, 0.4) is 0 Å². The molecule has 0 saturated heterocycles. The van der Waals surface area contributed by atoms with Gasteiger partial charge in [0.2, 0.25) is 5.79 Å². The zero-order valence-electron chi connectivity index (χ0n) is 24.7. The van der Waals surface area contributed by atoms with Crippen LogP contribution in [0.25, 0.3) is 21.8 Å². The maximum atomic E-state index is 7.18. The Bertz CT molecular complexity index is 1870. The number of nitrogens with two attached hydrogens (primary N) is 2. The molecule has 11 nitrogen and oxygen atoms in total. The first kappa shape index (κ1) is 27.3. The molecule has 3 aromatic heterocycles. The summed E-state index contributed by atoms with van der Waals surface area (Å²) in [4.78, 5) is 27.8. The zero-order chi connectivity index (χ0) is 29.8. The van der Waals surface area contributed by atoms with E-state index in [4.69, 9.17) is 31.5 Å². The number of hydrogen-bond acceptors (Lipinski definition) is 10. The number of hydrogen-bond donors (Lipinski definition) is 2. The summed E-state index contributed by atoms with van der Waals surface area (Å²) in [5.74, 6) is 6.36. The molecule has 0 amide bonds. The van der Waals surface area contributed by atoms with Crippen molar-refractivity contribution in [1.29, 1.82) is 0 Å². The van der Waals surface area contributed by atoms with Crippen LogP contribution in [0.2, 0.25) is 0 Å². The lowest BCUT2D eigenvalue weighted by atomic mass is 10.0. The minimum Gasteiger partial charge on any atom is -0.377 e. The van der Waals surface area contributed by atoms with Gasteiger partial charge in [-0.15, -0.1) is 0 Å². The predicted octanol–water partition coefficient (Wildman–Crippen LogP) is 3.53. The zero-order valence-corrected chi connectivity index (χ0v) is 24.7. The Hall–Kier alpha value is -4.87. The van der Waals surface area contributed by atoms with Crippen LogP contribution in [-0.2, 0) is 12.3 Å². The Kier molecular flexibility index (Phi) is 6.63. The molecular formula is C31H35N11. The molecular weight excluding hydrogens is 526 g/mol. The number of pyridine rings is 2. The van der Waals surface area contributed by atoms with Gasteiger partial charge in [-0.05, 0) is 56.3 Å². The van der Waals surface area contributed by atoms with Crippen molar-refractivity contribution >= 4 is 44.9 Å². The topological polar surface area (TPSA) is 130 Å². The van der Waals surface area contributed by atoms with Crippen molar-refractivity contribution in [1.82, 2.24) is 24.5 Å². The quantitative estimate of drug-likeness (QED) is 0.301. The van der Waals surface area contributed by atoms with E-state index in [0.717, 1.165) is 50.1 Å². The van der Waals surface area contributed by atoms with Crippen LogP contribution in [0.5, 0.6) is 0 Å². The fraction of sp³-hybridized carbons (Fsp3) is 0.258. The van der Waals surface area contributed by atoms with Gasteiger partial charge in [0, 0.05) is 85.2 Å². The van der Waals surface area contributed by atoms with Crippen LogP contribution >= 0.6 is 0 Å². The van der Waals surface area contributed by atoms with Crippen LogP contribution in [0, 0.1) is 13.8 Å². The Morgan fingerprint density at radius 1 is 0.833 bits per heavy atom. The van der Waals surface area contributed by atoms with E-state index in [1.807, 2.05) is 83.1 Å². The first-order valence-corrected chi connectivity index (χ1v) is 13.7. The second kappa shape index (κ2) is 10.2. The highest BCUT2D eigenvalue weighted by Gasteiger charge is 2.39. The fourth-order valence-corrected chi connectivity index (χ4v) is 5.38. The molecule has 0 fully saturated rings. The van der Waals surface area contributed by atoms with Crippen molar-refractivity contribution in [2.45, 2.75) is 26.2 Å². The number of fused-ring (bicyclic) bond motifs is 2. The van der Waals surface area contributed by atoms with Gasteiger partial charge in [0.25, 0.3) is 0 Å². The third kappa shape index (κ3) is 4.72. The molecule has 0 saturated carbocycles. The SMILES string of the molecule is Cc1cc(N(C)C)c2cc(C3=NC(N)(c4ccc5nc(C)cc(N(C)C)c5c4)N(N)C(Cn4ccnc4)=N3)ccc2n1. The van der Waals surface area contributed by atoms with E-state index < -0.39 is 5.79 Å². The van der Waals surface area contributed by atoms with Crippen LogP contribution in [-0.4, -0.2) is 64.4 Å². The van der Waals surface area contributed by atoms with Gasteiger partial charge in [-0.2, -0.15) is 0 Å². The Balaban J connectivity index is 1.55. The molecule has 0 spiro atoms. The monoisotopic (exact) mass is 561 g/mol. The summed E-state index contributed by atoms with van der Waals surface area (Å²) in [7, 11) is 8.07. The summed E-state index contributed by atoms with van der Waals surface area (Å²) in [6.07, 6.45) is 5.30. The molecule has 1 unspecified atom stereocenters. The molecule has 11 heteroatoms. The van der Waals surface area contributed by atoms with Gasteiger partial charge in [-0.25, -0.2) is 20.8 Å². The Morgan fingerprint density at radius 2 is 1.45 bits per heavy atom. The molecule has 0 bridgehead atoms. The van der Waals surface area contributed by atoms with Gasteiger partial charge < -0.3 is 14.4 Å². The smallest absolute Gasteiger partial charge is 0.228 e. The number of anilines is 2. The summed E-state index contributed by atoms with van der Waals surface area (Å²) in [5.41, 5.74) is 14.5. The minimum atomic E-state index is -1.44. The number of nitrogens with zero attached hydrogens (tertiary/aromatic N) is 9.